The van der Waals surface area contributed by atoms with Crippen LogP contribution in [-0.4, -0.2) is 43.3 Å². The van der Waals surface area contributed by atoms with Crippen molar-refractivity contribution >= 4 is 10.9 Å². The number of aromatic amines is 1. The van der Waals surface area contributed by atoms with Gasteiger partial charge in [0.25, 0.3) is 0 Å². The molecule has 0 aliphatic carbocycles. The van der Waals surface area contributed by atoms with E-state index in [2.05, 4.69) is 59.4 Å². The molecule has 3 heterocycles. The quantitative estimate of drug-likeness (QED) is 0.521. The minimum Gasteiger partial charge on any atom is -0.496 e. The lowest BCUT2D eigenvalue weighted by atomic mass is 9.85. The topological polar surface area (TPSA) is 37.5 Å². The standard InChI is InChI=1S/C28H36N2O2/c1-3-21-16-25-22(17-28(21)31-2)10-13-30(19-20-11-14-32-15-12-20)27(25)9-8-23-18-29-26-7-5-4-6-24(23)26/h4-7,16-18,20,27,29H,3,8-15,19H2,1-2H3/t27-/m1/s1. The summed E-state index contributed by atoms with van der Waals surface area (Å²) in [5.74, 6) is 1.81. The van der Waals surface area contributed by atoms with Gasteiger partial charge in [-0.15, -0.1) is 0 Å². The van der Waals surface area contributed by atoms with Crippen LogP contribution in [0.15, 0.2) is 42.6 Å². The van der Waals surface area contributed by atoms with Crippen LogP contribution in [0.5, 0.6) is 5.75 Å². The summed E-state index contributed by atoms with van der Waals surface area (Å²) in [5, 5.41) is 1.36. The molecule has 2 aromatic carbocycles. The number of H-pyrrole nitrogens is 1. The van der Waals surface area contributed by atoms with Gasteiger partial charge in [0.2, 0.25) is 0 Å². The highest BCUT2D eigenvalue weighted by Gasteiger charge is 2.30. The zero-order valence-electron chi connectivity index (χ0n) is 19.5. The number of ether oxygens (including phenoxy) is 2. The van der Waals surface area contributed by atoms with Crippen LogP contribution in [0.4, 0.5) is 0 Å². The van der Waals surface area contributed by atoms with Crippen LogP contribution in [-0.2, 0) is 24.0 Å². The fourth-order valence-corrected chi connectivity index (χ4v) is 5.74. The number of aromatic nitrogens is 1. The predicted octanol–water partition coefficient (Wildman–Crippen LogP) is 5.70. The molecule has 0 amide bonds. The van der Waals surface area contributed by atoms with E-state index in [1.54, 1.807) is 7.11 Å². The Morgan fingerprint density at radius 3 is 2.78 bits per heavy atom. The molecule has 5 rings (SSSR count). The van der Waals surface area contributed by atoms with Crippen molar-refractivity contribution in [1.29, 1.82) is 0 Å². The number of fused-ring (bicyclic) bond motifs is 2. The molecule has 0 unspecified atom stereocenters. The molecule has 3 aromatic rings. The highest BCUT2D eigenvalue weighted by Crippen LogP contribution is 2.38. The van der Waals surface area contributed by atoms with Crippen LogP contribution in [0.3, 0.4) is 0 Å². The fraction of sp³-hybridized carbons (Fsp3) is 0.500. The first-order valence-corrected chi connectivity index (χ1v) is 12.3. The van der Waals surface area contributed by atoms with E-state index in [0.29, 0.717) is 6.04 Å². The van der Waals surface area contributed by atoms with Gasteiger partial charge in [-0.25, -0.2) is 0 Å². The molecule has 1 fully saturated rings. The summed E-state index contributed by atoms with van der Waals surface area (Å²) < 4.78 is 11.4. The maximum absolute atomic E-state index is 5.72. The van der Waals surface area contributed by atoms with Gasteiger partial charge in [0.1, 0.15) is 5.75 Å². The lowest BCUT2D eigenvalue weighted by Gasteiger charge is -2.40. The molecular weight excluding hydrogens is 396 g/mol. The van der Waals surface area contributed by atoms with E-state index < -0.39 is 0 Å². The van der Waals surface area contributed by atoms with Crippen LogP contribution in [0, 0.1) is 5.92 Å². The summed E-state index contributed by atoms with van der Waals surface area (Å²) in [6.45, 7) is 6.40. The molecule has 1 atom stereocenters. The van der Waals surface area contributed by atoms with Gasteiger partial charge in [0, 0.05) is 49.4 Å². The molecule has 32 heavy (non-hydrogen) atoms. The number of rotatable bonds is 7. The molecule has 4 nitrogen and oxygen atoms in total. The van der Waals surface area contributed by atoms with Gasteiger partial charge in [-0.1, -0.05) is 31.2 Å². The van der Waals surface area contributed by atoms with Crippen molar-refractivity contribution < 1.29 is 9.47 Å². The Kier molecular flexibility index (Phi) is 6.52. The van der Waals surface area contributed by atoms with Gasteiger partial charge < -0.3 is 14.5 Å². The minimum absolute atomic E-state index is 0.464. The SMILES string of the molecule is CCc1cc2c(cc1OC)CCN(CC1CCOCC1)[C@@H]2CCc1c[nH]c2ccccc12. The number of methoxy groups -OCH3 is 1. The van der Waals surface area contributed by atoms with Crippen LogP contribution in [0.1, 0.15) is 54.5 Å². The van der Waals surface area contributed by atoms with E-state index in [0.717, 1.165) is 57.1 Å². The second-order valence-corrected chi connectivity index (χ2v) is 9.43. The Labute approximate surface area is 191 Å². The molecular formula is C28H36N2O2. The fourth-order valence-electron chi connectivity index (χ4n) is 5.74. The number of benzene rings is 2. The third kappa shape index (κ3) is 4.31. The Hall–Kier alpha value is -2.30. The minimum atomic E-state index is 0.464. The molecule has 4 heteroatoms. The van der Waals surface area contributed by atoms with Crippen molar-refractivity contribution in [2.75, 3.05) is 33.4 Å². The zero-order chi connectivity index (χ0) is 21.9. The van der Waals surface area contributed by atoms with Crippen LogP contribution in [0.25, 0.3) is 10.9 Å². The monoisotopic (exact) mass is 432 g/mol. The van der Waals surface area contributed by atoms with E-state index in [9.17, 15) is 0 Å². The average Bonchev–Trinajstić information content (AvgIpc) is 3.26. The third-order valence-electron chi connectivity index (χ3n) is 7.59. The maximum atomic E-state index is 5.72. The van der Waals surface area contributed by atoms with Gasteiger partial charge >= 0.3 is 0 Å². The summed E-state index contributed by atoms with van der Waals surface area (Å²) in [6, 6.07) is 13.9. The molecule has 2 aliphatic heterocycles. The Morgan fingerprint density at radius 2 is 1.97 bits per heavy atom. The molecule has 1 saturated heterocycles. The lowest BCUT2D eigenvalue weighted by molar-refractivity contribution is 0.0423. The second kappa shape index (κ2) is 9.68. The van der Waals surface area contributed by atoms with Crippen molar-refractivity contribution in [3.8, 4) is 5.75 Å². The largest absolute Gasteiger partial charge is 0.496 e. The van der Waals surface area contributed by atoms with Gasteiger partial charge in [0.05, 0.1) is 7.11 Å². The maximum Gasteiger partial charge on any atom is 0.122 e. The van der Waals surface area contributed by atoms with Crippen LogP contribution < -0.4 is 4.74 Å². The number of nitrogens with zero attached hydrogens (tertiary/aromatic N) is 1. The Bertz CT molecular complexity index is 1050. The Morgan fingerprint density at radius 1 is 1.12 bits per heavy atom. The van der Waals surface area contributed by atoms with E-state index in [-0.39, 0.29) is 0 Å². The number of nitrogens with one attached hydrogen (secondary N) is 1. The molecule has 0 radical (unpaired) electrons. The number of aryl methyl sites for hydroxylation is 2. The zero-order valence-corrected chi connectivity index (χ0v) is 19.5. The first-order chi connectivity index (χ1) is 15.8. The third-order valence-corrected chi connectivity index (χ3v) is 7.59. The van der Waals surface area contributed by atoms with E-state index >= 15 is 0 Å². The molecule has 0 bridgehead atoms. The first kappa shape index (κ1) is 21.5. The van der Waals surface area contributed by atoms with Gasteiger partial charge in [0.15, 0.2) is 0 Å². The van der Waals surface area contributed by atoms with Crippen molar-refractivity contribution in [2.24, 2.45) is 5.92 Å². The normalized spacial score (nSPS) is 19.9. The second-order valence-electron chi connectivity index (χ2n) is 9.43. The van der Waals surface area contributed by atoms with Crippen LogP contribution >= 0.6 is 0 Å². The van der Waals surface area contributed by atoms with Crippen molar-refractivity contribution in [3.05, 3.63) is 64.8 Å². The Balaban J connectivity index is 1.44. The highest BCUT2D eigenvalue weighted by atomic mass is 16.5. The van der Waals surface area contributed by atoms with Crippen molar-refractivity contribution in [2.45, 2.75) is 51.5 Å². The predicted molar refractivity (Wildman–Crippen MR) is 131 cm³/mol. The summed E-state index contributed by atoms with van der Waals surface area (Å²) in [5.41, 5.74) is 7.01. The summed E-state index contributed by atoms with van der Waals surface area (Å²) in [4.78, 5) is 6.24. The molecule has 1 N–H and O–H groups in total. The van der Waals surface area contributed by atoms with Gasteiger partial charge in [-0.2, -0.15) is 0 Å². The molecule has 0 saturated carbocycles. The highest BCUT2D eigenvalue weighted by molar-refractivity contribution is 5.83. The molecule has 0 spiro atoms. The molecule has 2 aliphatic rings. The van der Waals surface area contributed by atoms with E-state index in [1.807, 2.05) is 0 Å². The number of para-hydroxylation sites is 1. The average molecular weight is 433 g/mol. The van der Waals surface area contributed by atoms with Crippen LogP contribution in [0.2, 0.25) is 0 Å². The molecule has 170 valence electrons. The lowest BCUT2D eigenvalue weighted by Crippen LogP contribution is -2.40. The number of hydrogen-bond acceptors (Lipinski definition) is 3. The van der Waals surface area contributed by atoms with Crippen molar-refractivity contribution in [3.63, 3.8) is 0 Å². The van der Waals surface area contributed by atoms with Crippen molar-refractivity contribution in [1.82, 2.24) is 9.88 Å². The van der Waals surface area contributed by atoms with Gasteiger partial charge in [-0.3, -0.25) is 4.90 Å². The smallest absolute Gasteiger partial charge is 0.122 e. The summed E-state index contributed by atoms with van der Waals surface area (Å²) >= 11 is 0. The molecule has 1 aromatic heterocycles. The summed E-state index contributed by atoms with van der Waals surface area (Å²) in [7, 11) is 1.80. The summed E-state index contributed by atoms with van der Waals surface area (Å²) in [6.07, 6.45) is 8.96. The van der Waals surface area contributed by atoms with E-state index in [1.165, 1.54) is 52.5 Å². The van der Waals surface area contributed by atoms with E-state index in [4.69, 9.17) is 9.47 Å². The first-order valence-electron chi connectivity index (χ1n) is 12.3. The number of hydrogen-bond donors (Lipinski definition) is 1. The van der Waals surface area contributed by atoms with Gasteiger partial charge in [-0.05, 0) is 78.8 Å².